The standard InChI is InChI=1S/C7H10ClN3/c8-7-6(9)4-11(10-7)3-5-1-2-5/h4-5H,1-3,9H2. The molecule has 0 bridgehead atoms. The highest BCUT2D eigenvalue weighted by molar-refractivity contribution is 6.31. The van der Waals surface area contributed by atoms with Crippen LogP contribution in [0.25, 0.3) is 0 Å². The van der Waals surface area contributed by atoms with Crippen LogP contribution in [0.4, 0.5) is 5.69 Å². The molecule has 0 amide bonds. The first-order valence-electron chi connectivity index (χ1n) is 3.74. The van der Waals surface area contributed by atoms with Gasteiger partial charge in [-0.25, -0.2) is 0 Å². The van der Waals surface area contributed by atoms with Crippen molar-refractivity contribution in [3.05, 3.63) is 11.3 Å². The fraction of sp³-hybridized carbons (Fsp3) is 0.571. The number of nitrogen functional groups attached to an aromatic ring is 1. The molecule has 4 heteroatoms. The molecule has 1 saturated carbocycles. The number of nitrogens with zero attached hydrogens (tertiary/aromatic N) is 2. The Hall–Kier alpha value is -0.700. The van der Waals surface area contributed by atoms with Gasteiger partial charge in [-0.15, -0.1) is 0 Å². The molecule has 3 nitrogen and oxygen atoms in total. The number of halogens is 1. The first-order chi connectivity index (χ1) is 5.25. The van der Waals surface area contributed by atoms with Crippen molar-refractivity contribution in [2.24, 2.45) is 5.92 Å². The number of anilines is 1. The predicted molar refractivity (Wildman–Crippen MR) is 44.4 cm³/mol. The molecule has 2 rings (SSSR count). The third-order valence-corrected chi connectivity index (χ3v) is 2.18. The predicted octanol–water partition coefficient (Wildman–Crippen LogP) is 1.53. The fourth-order valence-corrected chi connectivity index (χ4v) is 1.22. The summed E-state index contributed by atoms with van der Waals surface area (Å²) in [5.41, 5.74) is 6.10. The van der Waals surface area contributed by atoms with E-state index in [1.54, 1.807) is 6.20 Å². The van der Waals surface area contributed by atoms with Gasteiger partial charge in [0.25, 0.3) is 0 Å². The summed E-state index contributed by atoms with van der Waals surface area (Å²) in [5, 5.41) is 4.47. The van der Waals surface area contributed by atoms with Crippen LogP contribution in [-0.2, 0) is 6.54 Å². The molecule has 1 heterocycles. The van der Waals surface area contributed by atoms with Crippen LogP contribution < -0.4 is 5.73 Å². The molecule has 0 radical (unpaired) electrons. The maximum Gasteiger partial charge on any atom is 0.173 e. The van der Waals surface area contributed by atoms with Gasteiger partial charge in [0.05, 0.1) is 5.69 Å². The topological polar surface area (TPSA) is 43.8 Å². The Morgan fingerprint density at radius 3 is 2.91 bits per heavy atom. The van der Waals surface area contributed by atoms with Crippen molar-refractivity contribution in [3.63, 3.8) is 0 Å². The van der Waals surface area contributed by atoms with E-state index in [9.17, 15) is 0 Å². The molecule has 0 aliphatic heterocycles. The molecule has 2 N–H and O–H groups in total. The van der Waals surface area contributed by atoms with Crippen molar-refractivity contribution < 1.29 is 0 Å². The molecule has 60 valence electrons. The quantitative estimate of drug-likeness (QED) is 0.734. The number of aromatic nitrogens is 2. The summed E-state index contributed by atoms with van der Waals surface area (Å²) < 4.78 is 1.83. The van der Waals surface area contributed by atoms with E-state index in [0.29, 0.717) is 10.8 Å². The third kappa shape index (κ3) is 1.48. The van der Waals surface area contributed by atoms with Gasteiger partial charge in [-0.3, -0.25) is 4.68 Å². The Bertz CT molecular complexity index is 245. The zero-order chi connectivity index (χ0) is 7.84. The number of hydrogen-bond acceptors (Lipinski definition) is 2. The van der Waals surface area contributed by atoms with Crippen LogP contribution in [0.1, 0.15) is 12.8 Å². The van der Waals surface area contributed by atoms with Crippen LogP contribution in [0.3, 0.4) is 0 Å². The molecular weight excluding hydrogens is 162 g/mol. The lowest BCUT2D eigenvalue weighted by atomic mass is 10.4. The summed E-state index contributed by atoms with van der Waals surface area (Å²) in [6.07, 6.45) is 4.43. The molecule has 0 aromatic carbocycles. The Labute approximate surface area is 70.1 Å². The molecule has 1 aliphatic carbocycles. The Balaban J connectivity index is 2.11. The Kier molecular flexibility index (Phi) is 1.53. The van der Waals surface area contributed by atoms with E-state index in [1.807, 2.05) is 4.68 Å². The van der Waals surface area contributed by atoms with E-state index in [1.165, 1.54) is 12.8 Å². The van der Waals surface area contributed by atoms with E-state index in [4.69, 9.17) is 17.3 Å². The highest BCUT2D eigenvalue weighted by atomic mass is 35.5. The summed E-state index contributed by atoms with van der Waals surface area (Å²) in [6.45, 7) is 0.969. The van der Waals surface area contributed by atoms with E-state index < -0.39 is 0 Å². The van der Waals surface area contributed by atoms with E-state index >= 15 is 0 Å². The summed E-state index contributed by atoms with van der Waals surface area (Å²) in [5.74, 6) is 0.811. The van der Waals surface area contributed by atoms with Crippen LogP contribution in [0, 0.1) is 5.92 Å². The number of nitrogens with two attached hydrogens (primary N) is 1. The van der Waals surface area contributed by atoms with Gasteiger partial charge in [-0.1, -0.05) is 11.6 Å². The monoisotopic (exact) mass is 171 g/mol. The van der Waals surface area contributed by atoms with E-state index in [2.05, 4.69) is 5.10 Å². The number of rotatable bonds is 2. The fourth-order valence-electron chi connectivity index (χ4n) is 1.07. The highest BCUT2D eigenvalue weighted by Crippen LogP contribution is 2.31. The van der Waals surface area contributed by atoms with Crippen molar-refractivity contribution in [2.75, 3.05) is 5.73 Å². The normalized spacial score (nSPS) is 17.2. The molecule has 0 spiro atoms. The van der Waals surface area contributed by atoms with Crippen LogP contribution >= 0.6 is 11.6 Å². The van der Waals surface area contributed by atoms with E-state index in [0.717, 1.165) is 12.5 Å². The maximum absolute atomic E-state index is 5.68. The van der Waals surface area contributed by atoms with Crippen molar-refractivity contribution in [3.8, 4) is 0 Å². The molecular formula is C7H10ClN3. The van der Waals surface area contributed by atoms with Gasteiger partial charge in [-0.05, 0) is 18.8 Å². The van der Waals surface area contributed by atoms with Gasteiger partial charge >= 0.3 is 0 Å². The molecule has 1 aromatic heterocycles. The Morgan fingerprint density at radius 1 is 1.73 bits per heavy atom. The molecule has 0 unspecified atom stereocenters. The number of hydrogen-bond donors (Lipinski definition) is 1. The molecule has 0 atom stereocenters. The average molecular weight is 172 g/mol. The van der Waals surface area contributed by atoms with Crippen LogP contribution in [0.15, 0.2) is 6.20 Å². The second kappa shape index (κ2) is 2.41. The lowest BCUT2D eigenvalue weighted by molar-refractivity contribution is 0.563. The SMILES string of the molecule is Nc1cn(CC2CC2)nc1Cl. The summed E-state index contributed by atoms with van der Waals surface area (Å²) in [7, 11) is 0. The summed E-state index contributed by atoms with van der Waals surface area (Å²) >= 11 is 5.68. The minimum absolute atomic E-state index is 0.422. The van der Waals surface area contributed by atoms with Crippen LogP contribution in [-0.4, -0.2) is 9.78 Å². The first kappa shape index (κ1) is 6.98. The smallest absolute Gasteiger partial charge is 0.173 e. The lowest BCUT2D eigenvalue weighted by Gasteiger charge is -1.95. The van der Waals surface area contributed by atoms with E-state index in [-0.39, 0.29) is 0 Å². The lowest BCUT2D eigenvalue weighted by Crippen LogP contribution is -1.99. The summed E-state index contributed by atoms with van der Waals surface area (Å²) in [4.78, 5) is 0. The van der Waals surface area contributed by atoms with Gasteiger partial charge in [0.15, 0.2) is 5.15 Å². The molecule has 0 saturated heterocycles. The highest BCUT2D eigenvalue weighted by Gasteiger charge is 2.22. The Morgan fingerprint density at radius 2 is 2.45 bits per heavy atom. The maximum atomic E-state index is 5.68. The summed E-state index contributed by atoms with van der Waals surface area (Å²) in [6, 6.07) is 0. The zero-order valence-electron chi connectivity index (χ0n) is 6.13. The molecule has 1 aliphatic rings. The minimum Gasteiger partial charge on any atom is -0.395 e. The van der Waals surface area contributed by atoms with Crippen molar-refractivity contribution in [1.82, 2.24) is 9.78 Å². The first-order valence-corrected chi connectivity index (χ1v) is 4.12. The molecule has 1 aromatic rings. The minimum atomic E-state index is 0.422. The van der Waals surface area contributed by atoms with Crippen molar-refractivity contribution >= 4 is 17.3 Å². The second-order valence-electron chi connectivity index (χ2n) is 3.04. The van der Waals surface area contributed by atoms with Gasteiger partial charge in [-0.2, -0.15) is 5.10 Å². The van der Waals surface area contributed by atoms with Crippen LogP contribution in [0.2, 0.25) is 5.15 Å². The van der Waals surface area contributed by atoms with Gasteiger partial charge < -0.3 is 5.73 Å². The zero-order valence-corrected chi connectivity index (χ0v) is 6.88. The largest absolute Gasteiger partial charge is 0.395 e. The van der Waals surface area contributed by atoms with Gasteiger partial charge in [0.2, 0.25) is 0 Å². The van der Waals surface area contributed by atoms with Crippen molar-refractivity contribution in [1.29, 1.82) is 0 Å². The molecule has 1 fully saturated rings. The molecule has 11 heavy (non-hydrogen) atoms. The van der Waals surface area contributed by atoms with Gasteiger partial charge in [0.1, 0.15) is 0 Å². The third-order valence-electron chi connectivity index (χ3n) is 1.88. The van der Waals surface area contributed by atoms with Gasteiger partial charge in [0, 0.05) is 12.7 Å². The van der Waals surface area contributed by atoms with Crippen molar-refractivity contribution in [2.45, 2.75) is 19.4 Å². The van der Waals surface area contributed by atoms with Crippen LogP contribution in [0.5, 0.6) is 0 Å². The average Bonchev–Trinajstić information content (AvgIpc) is 2.65. The second-order valence-corrected chi connectivity index (χ2v) is 3.40.